The van der Waals surface area contributed by atoms with Crippen LogP contribution in [0.1, 0.15) is 49.4 Å². The molecule has 2 atom stereocenters. The second kappa shape index (κ2) is 6.57. The van der Waals surface area contributed by atoms with Crippen LogP contribution < -0.4 is 10.9 Å². The average Bonchev–Trinajstić information content (AvgIpc) is 3.28. The first-order chi connectivity index (χ1) is 12.1. The summed E-state index contributed by atoms with van der Waals surface area (Å²) in [5.74, 6) is 2.36. The third-order valence-electron chi connectivity index (χ3n) is 5.01. The fourth-order valence-corrected chi connectivity index (χ4v) is 3.64. The standard InChI is InChI=1S/C18H24N6O/c1-12(2)17-22-21-16-11-23(8-9-24(16)17)18(25)15-10-14(19-20-15)13-6-4-3-5-7-13/h3-7,12,14-15,19-20H,8-11H2,1-2H3. The Hall–Kier alpha value is -2.25. The van der Waals surface area contributed by atoms with Crippen LogP contribution in [0.3, 0.4) is 0 Å². The number of carbonyl (C=O) groups excluding carboxylic acids is 1. The third kappa shape index (κ3) is 3.05. The zero-order chi connectivity index (χ0) is 17.4. The van der Waals surface area contributed by atoms with Crippen molar-refractivity contribution in [1.82, 2.24) is 30.5 Å². The van der Waals surface area contributed by atoms with Gasteiger partial charge < -0.3 is 9.47 Å². The number of rotatable bonds is 3. The fourth-order valence-electron chi connectivity index (χ4n) is 3.64. The van der Waals surface area contributed by atoms with Gasteiger partial charge in [0.05, 0.1) is 6.54 Å². The Labute approximate surface area is 147 Å². The minimum absolute atomic E-state index is 0.131. The molecular formula is C18H24N6O. The molecule has 0 radical (unpaired) electrons. The van der Waals surface area contributed by atoms with Gasteiger partial charge in [0.1, 0.15) is 11.9 Å². The van der Waals surface area contributed by atoms with Crippen molar-refractivity contribution in [2.45, 2.75) is 51.4 Å². The maximum Gasteiger partial charge on any atom is 0.241 e. The van der Waals surface area contributed by atoms with Crippen LogP contribution in [0.5, 0.6) is 0 Å². The Morgan fingerprint density at radius 1 is 1.16 bits per heavy atom. The van der Waals surface area contributed by atoms with Gasteiger partial charge >= 0.3 is 0 Å². The molecule has 1 aromatic heterocycles. The Balaban J connectivity index is 1.42. The van der Waals surface area contributed by atoms with Gasteiger partial charge in [0, 0.05) is 25.0 Å². The molecule has 0 saturated carbocycles. The molecule has 132 valence electrons. The highest BCUT2D eigenvalue weighted by molar-refractivity contribution is 5.82. The number of fused-ring (bicyclic) bond motifs is 1. The van der Waals surface area contributed by atoms with Crippen LogP contribution in [0, 0.1) is 0 Å². The number of hydrogen-bond donors (Lipinski definition) is 2. The zero-order valence-electron chi connectivity index (χ0n) is 14.6. The lowest BCUT2D eigenvalue weighted by Crippen LogP contribution is -2.48. The van der Waals surface area contributed by atoms with E-state index in [1.54, 1.807) is 0 Å². The molecule has 0 bridgehead atoms. The van der Waals surface area contributed by atoms with Gasteiger partial charge in [-0.15, -0.1) is 10.2 Å². The van der Waals surface area contributed by atoms with Crippen LogP contribution in [0.4, 0.5) is 0 Å². The first-order valence-electron chi connectivity index (χ1n) is 8.90. The van der Waals surface area contributed by atoms with Crippen LogP contribution in [0.15, 0.2) is 30.3 Å². The summed E-state index contributed by atoms with van der Waals surface area (Å²) in [7, 11) is 0. The number of nitrogens with zero attached hydrogens (tertiary/aromatic N) is 4. The maximum atomic E-state index is 12.9. The molecule has 2 N–H and O–H groups in total. The Kier molecular flexibility index (Phi) is 4.27. The normalized spacial score (nSPS) is 23.1. The van der Waals surface area contributed by atoms with Crippen LogP contribution >= 0.6 is 0 Å². The third-order valence-corrected chi connectivity index (χ3v) is 5.01. The van der Waals surface area contributed by atoms with Gasteiger partial charge in [-0.05, 0) is 12.0 Å². The minimum Gasteiger partial charge on any atom is -0.332 e. The van der Waals surface area contributed by atoms with Gasteiger partial charge in [0.15, 0.2) is 5.82 Å². The van der Waals surface area contributed by atoms with Crippen molar-refractivity contribution in [1.29, 1.82) is 0 Å². The SMILES string of the molecule is CC(C)c1nnc2n1CCN(C(=O)C1CC(c3ccccc3)NN1)C2. The summed E-state index contributed by atoms with van der Waals surface area (Å²) >= 11 is 0. The highest BCUT2D eigenvalue weighted by Gasteiger charge is 2.35. The number of amides is 1. The molecule has 1 saturated heterocycles. The summed E-state index contributed by atoms with van der Waals surface area (Å²) in [5.41, 5.74) is 7.62. The number of benzene rings is 1. The second-order valence-corrected chi connectivity index (χ2v) is 7.08. The first kappa shape index (κ1) is 16.2. The molecule has 2 aliphatic heterocycles. The summed E-state index contributed by atoms with van der Waals surface area (Å²) in [6, 6.07) is 10.2. The van der Waals surface area contributed by atoms with E-state index >= 15 is 0 Å². The van der Waals surface area contributed by atoms with E-state index in [2.05, 4.69) is 51.6 Å². The van der Waals surface area contributed by atoms with Crippen molar-refractivity contribution in [3.05, 3.63) is 47.5 Å². The van der Waals surface area contributed by atoms with Gasteiger partial charge in [0.2, 0.25) is 5.91 Å². The highest BCUT2D eigenvalue weighted by atomic mass is 16.2. The van der Waals surface area contributed by atoms with E-state index in [4.69, 9.17) is 0 Å². The van der Waals surface area contributed by atoms with Crippen LogP contribution in [-0.4, -0.2) is 38.2 Å². The van der Waals surface area contributed by atoms with Gasteiger partial charge in [-0.1, -0.05) is 44.2 Å². The monoisotopic (exact) mass is 340 g/mol. The lowest BCUT2D eigenvalue weighted by molar-refractivity contribution is -0.134. The number of carbonyl (C=O) groups is 1. The number of hydrazine groups is 1. The second-order valence-electron chi connectivity index (χ2n) is 7.08. The molecule has 7 nitrogen and oxygen atoms in total. The van der Waals surface area contributed by atoms with E-state index < -0.39 is 0 Å². The summed E-state index contributed by atoms with van der Waals surface area (Å²) in [6.07, 6.45) is 0.753. The Morgan fingerprint density at radius 3 is 2.72 bits per heavy atom. The van der Waals surface area contributed by atoms with Crippen LogP contribution in [0.25, 0.3) is 0 Å². The van der Waals surface area contributed by atoms with E-state index in [9.17, 15) is 4.79 Å². The number of nitrogens with one attached hydrogen (secondary N) is 2. The molecule has 0 aliphatic carbocycles. The topological polar surface area (TPSA) is 75.1 Å². The smallest absolute Gasteiger partial charge is 0.241 e. The Morgan fingerprint density at radius 2 is 1.96 bits per heavy atom. The molecule has 2 unspecified atom stereocenters. The van der Waals surface area contributed by atoms with Gasteiger partial charge in [-0.3, -0.25) is 4.79 Å². The summed E-state index contributed by atoms with van der Waals surface area (Å²) in [6.45, 7) is 6.24. The highest BCUT2D eigenvalue weighted by Crippen LogP contribution is 2.24. The van der Waals surface area contributed by atoms with Crippen molar-refractivity contribution >= 4 is 5.91 Å². The molecule has 3 heterocycles. The average molecular weight is 340 g/mol. The molecular weight excluding hydrogens is 316 g/mol. The molecule has 0 spiro atoms. The lowest BCUT2D eigenvalue weighted by Gasteiger charge is -2.30. The van der Waals surface area contributed by atoms with Crippen molar-refractivity contribution in [3.8, 4) is 0 Å². The molecule has 2 aliphatic rings. The summed E-state index contributed by atoms with van der Waals surface area (Å²) in [5, 5.41) is 8.57. The summed E-state index contributed by atoms with van der Waals surface area (Å²) < 4.78 is 2.15. The van der Waals surface area contributed by atoms with E-state index in [1.807, 2.05) is 23.1 Å². The molecule has 2 aromatic rings. The van der Waals surface area contributed by atoms with E-state index in [-0.39, 0.29) is 18.0 Å². The lowest BCUT2D eigenvalue weighted by atomic mass is 10.0. The molecule has 1 fully saturated rings. The van der Waals surface area contributed by atoms with Crippen molar-refractivity contribution in [2.24, 2.45) is 0 Å². The van der Waals surface area contributed by atoms with Gasteiger partial charge in [0.25, 0.3) is 0 Å². The quantitative estimate of drug-likeness (QED) is 0.882. The van der Waals surface area contributed by atoms with E-state index in [0.717, 1.165) is 24.6 Å². The van der Waals surface area contributed by atoms with E-state index in [0.29, 0.717) is 19.0 Å². The predicted octanol–water partition coefficient (Wildman–Crippen LogP) is 1.35. The summed E-state index contributed by atoms with van der Waals surface area (Å²) in [4.78, 5) is 14.8. The fraction of sp³-hybridized carbons (Fsp3) is 0.500. The number of hydrogen-bond acceptors (Lipinski definition) is 5. The molecule has 1 aromatic carbocycles. The molecule has 1 amide bonds. The molecule has 25 heavy (non-hydrogen) atoms. The molecule has 7 heteroatoms. The first-order valence-corrected chi connectivity index (χ1v) is 8.90. The largest absolute Gasteiger partial charge is 0.332 e. The van der Waals surface area contributed by atoms with Crippen molar-refractivity contribution in [2.75, 3.05) is 6.54 Å². The van der Waals surface area contributed by atoms with Gasteiger partial charge in [-0.25, -0.2) is 10.9 Å². The Bertz CT molecular complexity index is 756. The van der Waals surface area contributed by atoms with Crippen LogP contribution in [0.2, 0.25) is 0 Å². The predicted molar refractivity (Wildman–Crippen MR) is 93.4 cm³/mol. The van der Waals surface area contributed by atoms with Crippen molar-refractivity contribution in [3.63, 3.8) is 0 Å². The van der Waals surface area contributed by atoms with Crippen LogP contribution in [-0.2, 0) is 17.9 Å². The number of aromatic nitrogens is 3. The molecule has 4 rings (SSSR count). The van der Waals surface area contributed by atoms with E-state index in [1.165, 1.54) is 5.56 Å². The minimum atomic E-state index is -0.204. The van der Waals surface area contributed by atoms with Gasteiger partial charge in [-0.2, -0.15) is 0 Å². The van der Waals surface area contributed by atoms with Crippen molar-refractivity contribution < 1.29 is 4.79 Å². The maximum absolute atomic E-state index is 12.9. The zero-order valence-corrected chi connectivity index (χ0v) is 14.6.